The molecule has 1 N–H and O–H groups in total. The predicted molar refractivity (Wildman–Crippen MR) is 53.3 cm³/mol. The van der Waals surface area contributed by atoms with Crippen LogP contribution in [0.1, 0.15) is 12.0 Å². The highest BCUT2D eigenvalue weighted by Crippen LogP contribution is 2.31. The summed E-state index contributed by atoms with van der Waals surface area (Å²) >= 11 is 0. The second-order valence-corrected chi connectivity index (χ2v) is 3.76. The molecule has 0 unspecified atom stereocenters. The molecule has 2 rings (SSSR count). The fourth-order valence-electron chi connectivity index (χ4n) is 1.67. The lowest BCUT2D eigenvalue weighted by Gasteiger charge is -2.14. The number of nitrogens with one attached hydrogen (secondary N) is 1. The minimum Gasteiger partial charge on any atom is -0.489 e. The molecular formula is C11H12F3NO. The maximum absolute atomic E-state index is 12.4. The quantitative estimate of drug-likeness (QED) is 0.844. The molecule has 0 saturated carbocycles. The minimum atomic E-state index is -4.31. The van der Waals surface area contributed by atoms with Crippen molar-refractivity contribution in [3.63, 3.8) is 0 Å². The van der Waals surface area contributed by atoms with Gasteiger partial charge in [-0.2, -0.15) is 13.2 Å². The van der Waals surface area contributed by atoms with E-state index in [0.717, 1.165) is 25.1 Å². The molecule has 5 heteroatoms. The Hall–Kier alpha value is -1.23. The average Bonchev–Trinajstić information content (AvgIpc) is 2.70. The maximum atomic E-state index is 12.4. The summed E-state index contributed by atoms with van der Waals surface area (Å²) in [6.45, 7) is 1.54. The monoisotopic (exact) mass is 231 g/mol. The van der Waals surface area contributed by atoms with Crippen molar-refractivity contribution in [2.45, 2.75) is 18.7 Å². The zero-order valence-corrected chi connectivity index (χ0v) is 8.55. The fourth-order valence-corrected chi connectivity index (χ4v) is 1.67. The number of alkyl halides is 3. The van der Waals surface area contributed by atoms with Gasteiger partial charge in [0.1, 0.15) is 11.9 Å². The Bertz CT molecular complexity index is 358. The molecule has 0 amide bonds. The van der Waals surface area contributed by atoms with Crippen LogP contribution < -0.4 is 10.1 Å². The number of halogens is 3. The van der Waals surface area contributed by atoms with Gasteiger partial charge < -0.3 is 10.1 Å². The van der Waals surface area contributed by atoms with Gasteiger partial charge in [0.15, 0.2) is 0 Å². The highest BCUT2D eigenvalue weighted by atomic mass is 19.4. The first-order valence-corrected chi connectivity index (χ1v) is 5.10. The van der Waals surface area contributed by atoms with E-state index in [9.17, 15) is 13.2 Å². The fraction of sp³-hybridized carbons (Fsp3) is 0.455. The Morgan fingerprint density at radius 1 is 1.31 bits per heavy atom. The van der Waals surface area contributed by atoms with Crippen LogP contribution in [0.3, 0.4) is 0 Å². The molecule has 2 nitrogen and oxygen atoms in total. The van der Waals surface area contributed by atoms with Crippen molar-refractivity contribution >= 4 is 0 Å². The lowest BCUT2D eigenvalue weighted by atomic mass is 10.2. The molecule has 0 aliphatic carbocycles. The van der Waals surface area contributed by atoms with Gasteiger partial charge in [0, 0.05) is 6.54 Å². The molecule has 1 heterocycles. The molecule has 0 radical (unpaired) electrons. The molecule has 1 aliphatic rings. The summed E-state index contributed by atoms with van der Waals surface area (Å²) in [6, 6.07) is 4.99. The van der Waals surface area contributed by atoms with E-state index in [2.05, 4.69) is 5.32 Å². The van der Waals surface area contributed by atoms with Gasteiger partial charge in [-0.1, -0.05) is 6.07 Å². The van der Waals surface area contributed by atoms with Crippen LogP contribution in [0, 0.1) is 0 Å². The van der Waals surface area contributed by atoms with Crippen molar-refractivity contribution in [2.75, 3.05) is 13.1 Å². The van der Waals surface area contributed by atoms with E-state index in [1.807, 2.05) is 0 Å². The van der Waals surface area contributed by atoms with Gasteiger partial charge in [0.2, 0.25) is 0 Å². The smallest absolute Gasteiger partial charge is 0.416 e. The molecule has 16 heavy (non-hydrogen) atoms. The molecule has 1 aromatic rings. The minimum absolute atomic E-state index is 0.0246. The van der Waals surface area contributed by atoms with E-state index >= 15 is 0 Å². The average molecular weight is 231 g/mol. The van der Waals surface area contributed by atoms with Gasteiger partial charge in [-0.25, -0.2) is 0 Å². The van der Waals surface area contributed by atoms with Crippen molar-refractivity contribution in [1.29, 1.82) is 0 Å². The summed E-state index contributed by atoms with van der Waals surface area (Å²) in [4.78, 5) is 0. The number of ether oxygens (including phenoxy) is 1. The molecule has 1 aromatic carbocycles. The summed E-state index contributed by atoms with van der Waals surface area (Å²) in [5, 5.41) is 3.09. The summed E-state index contributed by atoms with van der Waals surface area (Å²) in [7, 11) is 0. The van der Waals surface area contributed by atoms with Gasteiger partial charge in [0.25, 0.3) is 0 Å². The first kappa shape index (κ1) is 11.3. The summed E-state index contributed by atoms with van der Waals surface area (Å²) < 4.78 is 42.7. The summed E-state index contributed by atoms with van der Waals surface area (Å²) in [5.74, 6) is 0.281. The summed E-state index contributed by atoms with van der Waals surface area (Å²) in [6.07, 6.45) is -3.51. The first-order valence-electron chi connectivity index (χ1n) is 5.10. The van der Waals surface area contributed by atoms with Crippen LogP contribution in [0.5, 0.6) is 5.75 Å². The molecule has 1 atom stereocenters. The molecule has 1 saturated heterocycles. The van der Waals surface area contributed by atoms with E-state index < -0.39 is 11.7 Å². The van der Waals surface area contributed by atoms with E-state index in [4.69, 9.17) is 4.74 Å². The zero-order chi connectivity index (χ0) is 11.6. The Balaban J connectivity index is 2.09. The van der Waals surface area contributed by atoms with Crippen molar-refractivity contribution in [2.24, 2.45) is 0 Å². The van der Waals surface area contributed by atoms with Gasteiger partial charge in [-0.3, -0.25) is 0 Å². The Kier molecular flexibility index (Phi) is 3.05. The van der Waals surface area contributed by atoms with Crippen molar-refractivity contribution in [3.8, 4) is 5.75 Å². The number of hydrogen-bond donors (Lipinski definition) is 1. The van der Waals surface area contributed by atoms with E-state index in [-0.39, 0.29) is 11.9 Å². The lowest BCUT2D eigenvalue weighted by molar-refractivity contribution is -0.137. The van der Waals surface area contributed by atoms with Gasteiger partial charge in [0.05, 0.1) is 5.56 Å². The SMILES string of the molecule is FC(F)(F)c1cccc(O[C@@H]2CCNC2)c1. The largest absolute Gasteiger partial charge is 0.489 e. The number of benzene rings is 1. The van der Waals surface area contributed by atoms with Gasteiger partial charge in [-0.15, -0.1) is 0 Å². The molecule has 1 fully saturated rings. The molecule has 0 aromatic heterocycles. The highest BCUT2D eigenvalue weighted by molar-refractivity contribution is 5.30. The molecule has 88 valence electrons. The third-order valence-corrected chi connectivity index (χ3v) is 2.48. The van der Waals surface area contributed by atoms with Crippen LogP contribution in [0.2, 0.25) is 0 Å². The second kappa shape index (κ2) is 4.33. The van der Waals surface area contributed by atoms with Crippen LogP contribution in [-0.4, -0.2) is 19.2 Å². The highest BCUT2D eigenvalue weighted by Gasteiger charge is 2.30. The predicted octanol–water partition coefficient (Wildman–Crippen LogP) is 2.45. The van der Waals surface area contributed by atoms with Crippen molar-refractivity contribution in [3.05, 3.63) is 29.8 Å². The number of hydrogen-bond acceptors (Lipinski definition) is 2. The molecular weight excluding hydrogens is 219 g/mol. The normalized spacial score (nSPS) is 21.1. The maximum Gasteiger partial charge on any atom is 0.416 e. The zero-order valence-electron chi connectivity index (χ0n) is 8.55. The standard InChI is InChI=1S/C11H12F3NO/c12-11(13,14)8-2-1-3-9(6-8)16-10-4-5-15-7-10/h1-3,6,10,15H,4-5,7H2/t10-/m1/s1. The van der Waals surface area contributed by atoms with E-state index in [1.165, 1.54) is 6.07 Å². The van der Waals surface area contributed by atoms with Crippen LogP contribution in [0.25, 0.3) is 0 Å². The van der Waals surface area contributed by atoms with Gasteiger partial charge in [-0.05, 0) is 31.2 Å². The van der Waals surface area contributed by atoms with Crippen LogP contribution in [0.15, 0.2) is 24.3 Å². The molecule has 1 aliphatic heterocycles. The Morgan fingerprint density at radius 2 is 2.12 bits per heavy atom. The van der Waals surface area contributed by atoms with Crippen LogP contribution in [0.4, 0.5) is 13.2 Å². The van der Waals surface area contributed by atoms with E-state index in [0.29, 0.717) is 6.54 Å². The first-order chi connectivity index (χ1) is 7.55. The van der Waals surface area contributed by atoms with Gasteiger partial charge >= 0.3 is 6.18 Å². The van der Waals surface area contributed by atoms with Crippen molar-refractivity contribution < 1.29 is 17.9 Å². The van der Waals surface area contributed by atoms with Crippen molar-refractivity contribution in [1.82, 2.24) is 5.32 Å². The molecule has 0 spiro atoms. The lowest BCUT2D eigenvalue weighted by Crippen LogP contribution is -2.19. The topological polar surface area (TPSA) is 21.3 Å². The Morgan fingerprint density at radius 3 is 2.75 bits per heavy atom. The number of rotatable bonds is 2. The van der Waals surface area contributed by atoms with E-state index in [1.54, 1.807) is 6.07 Å². The summed E-state index contributed by atoms with van der Waals surface area (Å²) in [5.41, 5.74) is -0.670. The second-order valence-electron chi connectivity index (χ2n) is 3.76. The third-order valence-electron chi connectivity index (χ3n) is 2.48. The Labute approximate surface area is 91.4 Å². The van der Waals surface area contributed by atoms with Crippen LogP contribution in [-0.2, 0) is 6.18 Å². The third kappa shape index (κ3) is 2.66. The van der Waals surface area contributed by atoms with Crippen LogP contribution >= 0.6 is 0 Å². The molecule has 0 bridgehead atoms.